The first-order valence-corrected chi connectivity index (χ1v) is 5.41. The first kappa shape index (κ1) is 16.9. The van der Waals surface area contributed by atoms with Crippen molar-refractivity contribution in [2.45, 2.75) is 18.3 Å². The van der Waals surface area contributed by atoms with Gasteiger partial charge in [-0.15, -0.1) is 0 Å². The quantitative estimate of drug-likeness (QED) is 0.449. The van der Waals surface area contributed by atoms with Crippen LogP contribution in [0.3, 0.4) is 0 Å². The number of rotatable bonds is 9. The van der Waals surface area contributed by atoms with Gasteiger partial charge in [0.25, 0.3) is 0 Å². The lowest BCUT2D eigenvalue weighted by Gasteiger charge is -2.28. The second kappa shape index (κ2) is 9.85. The van der Waals surface area contributed by atoms with E-state index in [4.69, 9.17) is 28.9 Å². The molecule has 0 radical (unpaired) electrons. The van der Waals surface area contributed by atoms with Crippen molar-refractivity contribution in [2.24, 2.45) is 0 Å². The van der Waals surface area contributed by atoms with Crippen molar-refractivity contribution < 1.29 is 23.7 Å². The number of hydrogen-bond donors (Lipinski definition) is 0. The van der Waals surface area contributed by atoms with Crippen LogP contribution in [0.4, 0.5) is 0 Å². The van der Waals surface area contributed by atoms with Gasteiger partial charge in [-0.25, -0.2) is 0 Å². The second-order valence-corrected chi connectivity index (χ2v) is 3.48. The third kappa shape index (κ3) is 5.02. The Kier molecular flexibility index (Phi) is 9.24. The molecule has 0 aromatic carbocycles. The highest BCUT2D eigenvalue weighted by molar-refractivity contribution is 5.16. The molecule has 0 aliphatic heterocycles. The predicted octanol–water partition coefficient (Wildman–Crippen LogP) is 0.732. The van der Waals surface area contributed by atoms with Crippen LogP contribution in [-0.4, -0.2) is 60.5 Å². The molecule has 18 heavy (non-hydrogen) atoms. The molecule has 3 unspecified atom stereocenters. The van der Waals surface area contributed by atoms with Crippen LogP contribution in [0.25, 0.3) is 0 Å². The maximum absolute atomic E-state index is 8.83. The van der Waals surface area contributed by atoms with Gasteiger partial charge >= 0.3 is 0 Å². The standard InChI is InChI=1S/C12H21NO5/c1-14-8-11(17-4)12(18-5)10(16-3)6-9(7-13)15-2/h6,10-12H,8H2,1-5H3/b9-6-. The lowest BCUT2D eigenvalue weighted by molar-refractivity contribution is -0.111. The molecular weight excluding hydrogens is 238 g/mol. The highest BCUT2D eigenvalue weighted by Crippen LogP contribution is 2.14. The van der Waals surface area contributed by atoms with Crippen LogP contribution in [0.2, 0.25) is 0 Å². The van der Waals surface area contributed by atoms with Crippen LogP contribution in [0.15, 0.2) is 11.8 Å². The smallest absolute Gasteiger partial charge is 0.195 e. The van der Waals surface area contributed by atoms with Gasteiger partial charge in [0.1, 0.15) is 24.4 Å². The molecule has 0 saturated carbocycles. The van der Waals surface area contributed by atoms with E-state index >= 15 is 0 Å². The van der Waals surface area contributed by atoms with E-state index in [-0.39, 0.29) is 11.9 Å². The van der Waals surface area contributed by atoms with E-state index in [9.17, 15) is 0 Å². The zero-order chi connectivity index (χ0) is 14.0. The van der Waals surface area contributed by atoms with Gasteiger partial charge in [0, 0.05) is 34.5 Å². The third-order valence-electron chi connectivity index (χ3n) is 2.51. The molecule has 6 nitrogen and oxygen atoms in total. The second-order valence-electron chi connectivity index (χ2n) is 3.48. The average Bonchev–Trinajstić information content (AvgIpc) is 2.41. The number of ether oxygens (including phenoxy) is 5. The van der Waals surface area contributed by atoms with Crippen molar-refractivity contribution in [3.8, 4) is 6.07 Å². The molecule has 0 amide bonds. The van der Waals surface area contributed by atoms with Crippen molar-refractivity contribution in [1.29, 1.82) is 5.26 Å². The van der Waals surface area contributed by atoms with Gasteiger partial charge in [0.2, 0.25) is 0 Å². The van der Waals surface area contributed by atoms with E-state index in [1.54, 1.807) is 27.4 Å². The summed E-state index contributed by atoms with van der Waals surface area (Å²) in [7, 11) is 7.63. The normalized spacial score (nSPS) is 16.8. The van der Waals surface area contributed by atoms with Crippen molar-refractivity contribution >= 4 is 0 Å². The van der Waals surface area contributed by atoms with Crippen molar-refractivity contribution in [2.75, 3.05) is 42.2 Å². The number of nitrogens with zero attached hydrogens (tertiary/aromatic N) is 1. The summed E-state index contributed by atoms with van der Waals surface area (Å²) in [5, 5.41) is 8.83. The van der Waals surface area contributed by atoms with Crippen LogP contribution >= 0.6 is 0 Å². The van der Waals surface area contributed by atoms with Crippen LogP contribution in [0.5, 0.6) is 0 Å². The van der Waals surface area contributed by atoms with Gasteiger partial charge in [-0.05, 0) is 0 Å². The molecule has 0 aromatic heterocycles. The number of allylic oxidation sites excluding steroid dienone is 1. The minimum atomic E-state index is -0.468. The zero-order valence-electron chi connectivity index (χ0n) is 11.5. The van der Waals surface area contributed by atoms with E-state index in [0.717, 1.165) is 0 Å². The van der Waals surface area contributed by atoms with E-state index in [1.807, 2.05) is 6.07 Å². The van der Waals surface area contributed by atoms with Crippen LogP contribution < -0.4 is 0 Å². The molecular formula is C12H21NO5. The molecule has 0 aromatic rings. The minimum absolute atomic E-state index is 0.163. The van der Waals surface area contributed by atoms with Crippen molar-refractivity contribution in [1.82, 2.24) is 0 Å². The van der Waals surface area contributed by atoms with Crippen LogP contribution in [0, 0.1) is 11.3 Å². The van der Waals surface area contributed by atoms with Crippen LogP contribution in [-0.2, 0) is 23.7 Å². The van der Waals surface area contributed by atoms with E-state index < -0.39 is 12.2 Å². The zero-order valence-corrected chi connectivity index (χ0v) is 11.5. The SMILES string of the molecule is COCC(OC)C(OC)C(/C=C(/C#N)OC)OC. The minimum Gasteiger partial charge on any atom is -0.487 e. The van der Waals surface area contributed by atoms with Crippen LogP contribution in [0.1, 0.15) is 0 Å². The molecule has 0 bridgehead atoms. The molecule has 104 valence electrons. The van der Waals surface area contributed by atoms with E-state index in [1.165, 1.54) is 14.2 Å². The summed E-state index contributed by atoms with van der Waals surface area (Å²) in [5.41, 5.74) is 0. The molecule has 0 aliphatic carbocycles. The van der Waals surface area contributed by atoms with E-state index in [2.05, 4.69) is 0 Å². The lowest BCUT2D eigenvalue weighted by Crippen LogP contribution is -2.43. The molecule has 0 heterocycles. The Hall–Kier alpha value is -1.13. The molecule has 0 spiro atoms. The molecule has 0 rings (SSSR count). The molecule has 0 fully saturated rings. The summed E-state index contributed by atoms with van der Waals surface area (Å²) in [6.07, 6.45) is 0.372. The summed E-state index contributed by atoms with van der Waals surface area (Å²) in [6.45, 7) is 0.359. The van der Waals surface area contributed by atoms with E-state index in [0.29, 0.717) is 6.61 Å². The van der Waals surface area contributed by atoms with Crippen molar-refractivity contribution in [3.05, 3.63) is 11.8 Å². The Labute approximate surface area is 108 Å². The topological polar surface area (TPSA) is 69.9 Å². The first-order valence-electron chi connectivity index (χ1n) is 5.41. The highest BCUT2D eigenvalue weighted by Gasteiger charge is 2.29. The number of nitriles is 1. The van der Waals surface area contributed by atoms with Gasteiger partial charge in [0.15, 0.2) is 5.76 Å². The summed E-state index contributed by atoms with van der Waals surface area (Å²) < 4.78 is 25.9. The maximum Gasteiger partial charge on any atom is 0.195 e. The summed E-state index contributed by atoms with van der Waals surface area (Å²) in [4.78, 5) is 0. The average molecular weight is 259 g/mol. The Morgan fingerprint density at radius 3 is 2.11 bits per heavy atom. The monoisotopic (exact) mass is 259 g/mol. The third-order valence-corrected chi connectivity index (χ3v) is 2.51. The fourth-order valence-corrected chi connectivity index (χ4v) is 1.56. The van der Waals surface area contributed by atoms with Gasteiger partial charge in [-0.2, -0.15) is 5.26 Å². The maximum atomic E-state index is 8.83. The van der Waals surface area contributed by atoms with Gasteiger partial charge in [0.05, 0.1) is 13.7 Å². The molecule has 0 aliphatic rings. The molecule has 6 heteroatoms. The van der Waals surface area contributed by atoms with Gasteiger partial charge in [-0.1, -0.05) is 0 Å². The Balaban J connectivity index is 4.97. The van der Waals surface area contributed by atoms with Crippen molar-refractivity contribution in [3.63, 3.8) is 0 Å². The fraction of sp³-hybridized carbons (Fsp3) is 0.750. The molecule has 0 N–H and O–H groups in total. The lowest BCUT2D eigenvalue weighted by atomic mass is 10.1. The summed E-state index contributed by atoms with van der Waals surface area (Å²) in [5.74, 6) is 0.163. The fourth-order valence-electron chi connectivity index (χ4n) is 1.56. The number of hydrogen-bond acceptors (Lipinski definition) is 6. The Morgan fingerprint density at radius 2 is 1.78 bits per heavy atom. The van der Waals surface area contributed by atoms with Gasteiger partial charge < -0.3 is 23.7 Å². The predicted molar refractivity (Wildman–Crippen MR) is 65.0 cm³/mol. The Bertz CT molecular complexity index is 287. The highest BCUT2D eigenvalue weighted by atomic mass is 16.6. The Morgan fingerprint density at radius 1 is 1.11 bits per heavy atom. The summed E-state index contributed by atoms with van der Waals surface area (Å²) in [6, 6.07) is 1.92. The number of methoxy groups -OCH3 is 5. The largest absolute Gasteiger partial charge is 0.487 e. The molecule has 3 atom stereocenters. The first-order chi connectivity index (χ1) is 8.68. The summed E-state index contributed by atoms with van der Waals surface area (Å²) >= 11 is 0. The molecule has 0 saturated heterocycles. The van der Waals surface area contributed by atoms with Gasteiger partial charge in [-0.3, -0.25) is 0 Å².